The average Bonchev–Trinajstić information content (AvgIpc) is 2.39. The molecule has 1 aromatic rings. The van der Waals surface area contributed by atoms with Crippen LogP contribution in [-0.4, -0.2) is 17.6 Å². The summed E-state index contributed by atoms with van der Waals surface area (Å²) in [5.74, 6) is 0.246. The standard InChI is InChI=1S/C15H23NO2/c1-3-4-12(2)15(18)16-10-9-13-5-7-14(11-17)8-6-13/h5-8,12,17H,3-4,9-11H2,1-2H3,(H,16,18). The van der Waals surface area contributed by atoms with Gasteiger partial charge in [0, 0.05) is 12.5 Å². The van der Waals surface area contributed by atoms with E-state index in [4.69, 9.17) is 5.11 Å². The van der Waals surface area contributed by atoms with Crippen LogP contribution in [0.4, 0.5) is 0 Å². The van der Waals surface area contributed by atoms with E-state index < -0.39 is 0 Å². The van der Waals surface area contributed by atoms with Crippen LogP contribution < -0.4 is 5.32 Å². The van der Waals surface area contributed by atoms with Crippen molar-refractivity contribution >= 4 is 5.91 Å². The summed E-state index contributed by atoms with van der Waals surface area (Å²) in [5, 5.41) is 11.9. The van der Waals surface area contributed by atoms with Crippen LogP contribution in [0.1, 0.15) is 37.8 Å². The summed E-state index contributed by atoms with van der Waals surface area (Å²) in [6.07, 6.45) is 2.81. The van der Waals surface area contributed by atoms with Gasteiger partial charge in [0.1, 0.15) is 0 Å². The van der Waals surface area contributed by atoms with E-state index in [1.165, 1.54) is 5.56 Å². The monoisotopic (exact) mass is 249 g/mol. The van der Waals surface area contributed by atoms with Crippen molar-refractivity contribution < 1.29 is 9.90 Å². The van der Waals surface area contributed by atoms with Gasteiger partial charge in [0.15, 0.2) is 0 Å². The molecule has 0 fully saturated rings. The molecule has 0 spiro atoms. The molecule has 1 unspecified atom stereocenters. The first-order valence-electron chi connectivity index (χ1n) is 6.63. The highest BCUT2D eigenvalue weighted by molar-refractivity contribution is 5.78. The predicted octanol–water partition coefficient (Wildman–Crippen LogP) is 2.27. The van der Waals surface area contributed by atoms with Crippen molar-refractivity contribution in [2.75, 3.05) is 6.54 Å². The lowest BCUT2D eigenvalue weighted by Crippen LogP contribution is -2.30. The van der Waals surface area contributed by atoms with Gasteiger partial charge in [-0.05, 0) is 24.0 Å². The average molecular weight is 249 g/mol. The largest absolute Gasteiger partial charge is 0.392 e. The number of benzene rings is 1. The van der Waals surface area contributed by atoms with E-state index in [1.807, 2.05) is 31.2 Å². The molecule has 0 saturated carbocycles. The molecule has 1 aromatic carbocycles. The summed E-state index contributed by atoms with van der Waals surface area (Å²) >= 11 is 0. The van der Waals surface area contributed by atoms with Gasteiger partial charge in [-0.3, -0.25) is 4.79 Å². The van der Waals surface area contributed by atoms with E-state index in [1.54, 1.807) is 0 Å². The van der Waals surface area contributed by atoms with E-state index in [0.29, 0.717) is 6.54 Å². The molecule has 1 rings (SSSR count). The summed E-state index contributed by atoms with van der Waals surface area (Å²) in [6, 6.07) is 7.81. The van der Waals surface area contributed by atoms with Gasteiger partial charge in [-0.15, -0.1) is 0 Å². The number of carbonyl (C=O) groups is 1. The molecule has 100 valence electrons. The van der Waals surface area contributed by atoms with Crippen molar-refractivity contribution in [1.82, 2.24) is 5.32 Å². The van der Waals surface area contributed by atoms with E-state index in [9.17, 15) is 4.79 Å². The smallest absolute Gasteiger partial charge is 0.222 e. The molecular formula is C15H23NO2. The van der Waals surface area contributed by atoms with Gasteiger partial charge in [0.25, 0.3) is 0 Å². The second-order valence-electron chi connectivity index (χ2n) is 4.71. The van der Waals surface area contributed by atoms with E-state index >= 15 is 0 Å². The third-order valence-corrected chi connectivity index (χ3v) is 3.09. The first-order valence-corrected chi connectivity index (χ1v) is 6.63. The predicted molar refractivity (Wildman–Crippen MR) is 73.2 cm³/mol. The highest BCUT2D eigenvalue weighted by Crippen LogP contribution is 2.06. The van der Waals surface area contributed by atoms with Gasteiger partial charge in [0.05, 0.1) is 6.61 Å². The molecule has 18 heavy (non-hydrogen) atoms. The van der Waals surface area contributed by atoms with Crippen molar-refractivity contribution in [3.8, 4) is 0 Å². The Kier molecular flexibility index (Phi) is 6.44. The quantitative estimate of drug-likeness (QED) is 0.779. The number of amides is 1. The first-order chi connectivity index (χ1) is 8.67. The minimum atomic E-state index is 0.0749. The Morgan fingerprint density at radius 3 is 2.44 bits per heavy atom. The summed E-state index contributed by atoms with van der Waals surface area (Å²) < 4.78 is 0. The lowest BCUT2D eigenvalue weighted by Gasteiger charge is -2.11. The highest BCUT2D eigenvalue weighted by atomic mass is 16.3. The number of aliphatic hydroxyl groups is 1. The molecule has 3 heteroatoms. The fourth-order valence-corrected chi connectivity index (χ4v) is 1.88. The first kappa shape index (κ1) is 14.7. The highest BCUT2D eigenvalue weighted by Gasteiger charge is 2.10. The van der Waals surface area contributed by atoms with Crippen LogP contribution in [0.3, 0.4) is 0 Å². The fourth-order valence-electron chi connectivity index (χ4n) is 1.88. The van der Waals surface area contributed by atoms with Crippen molar-refractivity contribution in [2.24, 2.45) is 5.92 Å². The van der Waals surface area contributed by atoms with E-state index in [-0.39, 0.29) is 18.4 Å². The zero-order valence-corrected chi connectivity index (χ0v) is 11.3. The zero-order chi connectivity index (χ0) is 13.4. The van der Waals surface area contributed by atoms with Crippen LogP contribution in [0.15, 0.2) is 24.3 Å². The Balaban J connectivity index is 2.30. The minimum absolute atomic E-state index is 0.0749. The maximum atomic E-state index is 11.7. The Morgan fingerprint density at radius 2 is 1.89 bits per heavy atom. The molecule has 0 aromatic heterocycles. The van der Waals surface area contributed by atoms with Crippen molar-refractivity contribution in [3.63, 3.8) is 0 Å². The van der Waals surface area contributed by atoms with Crippen LogP contribution in [0.5, 0.6) is 0 Å². The third-order valence-electron chi connectivity index (χ3n) is 3.09. The van der Waals surface area contributed by atoms with Gasteiger partial charge in [-0.25, -0.2) is 0 Å². The Hall–Kier alpha value is -1.35. The topological polar surface area (TPSA) is 49.3 Å². The van der Waals surface area contributed by atoms with Crippen LogP contribution in [0.2, 0.25) is 0 Å². The van der Waals surface area contributed by atoms with Crippen molar-refractivity contribution in [2.45, 2.75) is 39.7 Å². The number of hydrogen-bond acceptors (Lipinski definition) is 2. The molecule has 0 aliphatic heterocycles. The van der Waals surface area contributed by atoms with Crippen LogP contribution >= 0.6 is 0 Å². The molecule has 2 N–H and O–H groups in total. The lowest BCUT2D eigenvalue weighted by atomic mass is 10.1. The molecule has 0 saturated heterocycles. The van der Waals surface area contributed by atoms with Crippen LogP contribution in [0.25, 0.3) is 0 Å². The molecule has 0 aliphatic rings. The van der Waals surface area contributed by atoms with Crippen LogP contribution in [0, 0.1) is 5.92 Å². The zero-order valence-electron chi connectivity index (χ0n) is 11.3. The Labute approximate surface area is 109 Å². The molecule has 1 amide bonds. The molecule has 0 heterocycles. The Bertz CT molecular complexity index is 359. The second-order valence-corrected chi connectivity index (χ2v) is 4.71. The van der Waals surface area contributed by atoms with Crippen LogP contribution in [-0.2, 0) is 17.8 Å². The molecule has 3 nitrogen and oxygen atoms in total. The molecule has 0 aliphatic carbocycles. The number of hydrogen-bond donors (Lipinski definition) is 2. The lowest BCUT2D eigenvalue weighted by molar-refractivity contribution is -0.124. The third kappa shape index (κ3) is 4.88. The molecular weight excluding hydrogens is 226 g/mol. The second kappa shape index (κ2) is 7.88. The van der Waals surface area contributed by atoms with Crippen molar-refractivity contribution in [3.05, 3.63) is 35.4 Å². The van der Waals surface area contributed by atoms with Gasteiger partial charge in [-0.2, -0.15) is 0 Å². The van der Waals surface area contributed by atoms with E-state index in [0.717, 1.165) is 24.8 Å². The summed E-state index contributed by atoms with van der Waals surface area (Å²) in [6.45, 7) is 4.80. The van der Waals surface area contributed by atoms with E-state index in [2.05, 4.69) is 12.2 Å². The SMILES string of the molecule is CCCC(C)C(=O)NCCc1ccc(CO)cc1. The maximum Gasteiger partial charge on any atom is 0.222 e. The normalized spacial score (nSPS) is 12.2. The molecule has 0 radical (unpaired) electrons. The molecule has 0 bridgehead atoms. The minimum Gasteiger partial charge on any atom is -0.392 e. The summed E-state index contributed by atoms with van der Waals surface area (Å²) in [5.41, 5.74) is 2.09. The molecule has 1 atom stereocenters. The van der Waals surface area contributed by atoms with Gasteiger partial charge >= 0.3 is 0 Å². The number of rotatable bonds is 7. The number of carbonyl (C=O) groups excluding carboxylic acids is 1. The van der Waals surface area contributed by atoms with Crippen molar-refractivity contribution in [1.29, 1.82) is 0 Å². The van der Waals surface area contributed by atoms with Gasteiger partial charge < -0.3 is 10.4 Å². The number of nitrogens with one attached hydrogen (secondary N) is 1. The van der Waals surface area contributed by atoms with Gasteiger partial charge in [0.2, 0.25) is 5.91 Å². The van der Waals surface area contributed by atoms with Gasteiger partial charge in [-0.1, -0.05) is 44.5 Å². The maximum absolute atomic E-state index is 11.7. The summed E-state index contributed by atoms with van der Waals surface area (Å²) in [7, 11) is 0. The Morgan fingerprint density at radius 1 is 1.28 bits per heavy atom. The number of aliphatic hydroxyl groups excluding tert-OH is 1. The fraction of sp³-hybridized carbons (Fsp3) is 0.533. The summed E-state index contributed by atoms with van der Waals surface area (Å²) in [4.78, 5) is 11.7.